The van der Waals surface area contributed by atoms with E-state index in [-0.39, 0.29) is 17.2 Å². The van der Waals surface area contributed by atoms with E-state index in [1.54, 1.807) is 6.07 Å². The molecule has 1 saturated heterocycles. The van der Waals surface area contributed by atoms with E-state index in [0.717, 1.165) is 23.8 Å². The minimum atomic E-state index is -0.727. The Bertz CT molecular complexity index is 794. The molecule has 138 valence electrons. The first-order valence-electron chi connectivity index (χ1n) is 7.21. The van der Waals surface area contributed by atoms with E-state index >= 15 is 0 Å². The van der Waals surface area contributed by atoms with Gasteiger partial charge in [-0.1, -0.05) is 6.07 Å². The highest BCUT2D eigenvalue weighted by molar-refractivity contribution is 8.18. The molecule has 1 aromatic carbocycles. The largest absolute Gasteiger partial charge is 0.468 e. The van der Waals surface area contributed by atoms with Crippen molar-refractivity contribution in [2.24, 2.45) is 0 Å². The number of rotatable bonds is 7. The van der Waals surface area contributed by atoms with Crippen LogP contribution in [0.2, 0.25) is 0 Å². The summed E-state index contributed by atoms with van der Waals surface area (Å²) in [6, 6.07) is 4.37. The number of carbonyl (C=O) groups excluding carboxylic acids is 3. The molecule has 11 heteroatoms. The smallest absolute Gasteiger partial charge is 0.325 e. The topological polar surface area (TPSA) is 127 Å². The minimum Gasteiger partial charge on any atom is -0.468 e. The molecule has 1 aliphatic heterocycles. The maximum absolute atomic E-state index is 12.2. The van der Waals surface area contributed by atoms with Gasteiger partial charge in [-0.2, -0.15) is 0 Å². The van der Waals surface area contributed by atoms with Gasteiger partial charge in [0, 0.05) is 11.8 Å². The molecule has 0 saturated carbocycles. The summed E-state index contributed by atoms with van der Waals surface area (Å²) in [4.78, 5) is 47.2. The Kier molecular flexibility index (Phi) is 6.77. The third-order valence-electron chi connectivity index (χ3n) is 3.21. The van der Waals surface area contributed by atoms with Gasteiger partial charge in [0.25, 0.3) is 16.8 Å². The number of ether oxygens (including phenoxy) is 1. The Hall–Kier alpha value is -2.37. The fourth-order valence-corrected chi connectivity index (χ4v) is 3.62. The van der Waals surface area contributed by atoms with Gasteiger partial charge in [-0.05, 0) is 29.5 Å². The van der Waals surface area contributed by atoms with Crippen LogP contribution >= 0.6 is 23.5 Å². The molecule has 9 nitrogen and oxygen atoms in total. The number of nitro groups is 1. The van der Waals surface area contributed by atoms with Crippen LogP contribution in [0.4, 0.5) is 10.5 Å². The van der Waals surface area contributed by atoms with Gasteiger partial charge in [0.15, 0.2) is 0 Å². The molecule has 1 aliphatic rings. The molecule has 1 fully saturated rings. The number of benzene rings is 1. The van der Waals surface area contributed by atoms with Crippen LogP contribution in [0.3, 0.4) is 0 Å². The molecular formula is C15H14N2O7S2. The number of aliphatic hydroxyl groups is 1. The fraction of sp³-hybridized carbons (Fsp3) is 0.267. The maximum atomic E-state index is 12.2. The summed E-state index contributed by atoms with van der Waals surface area (Å²) in [6.07, 6.45) is 1.36. The predicted molar refractivity (Wildman–Crippen MR) is 95.6 cm³/mol. The molecule has 0 radical (unpaired) electrons. The van der Waals surface area contributed by atoms with Crippen LogP contribution in [-0.4, -0.2) is 58.1 Å². The summed E-state index contributed by atoms with van der Waals surface area (Å²) in [6.45, 7) is -0.605. The van der Waals surface area contributed by atoms with Gasteiger partial charge in [-0.25, -0.2) is 0 Å². The van der Waals surface area contributed by atoms with Crippen molar-refractivity contribution in [1.82, 2.24) is 4.90 Å². The zero-order valence-corrected chi connectivity index (χ0v) is 15.2. The molecule has 0 spiro atoms. The van der Waals surface area contributed by atoms with E-state index in [9.17, 15) is 24.5 Å². The van der Waals surface area contributed by atoms with E-state index in [1.807, 2.05) is 0 Å². The number of hydrogen-bond acceptors (Lipinski definition) is 9. The summed E-state index contributed by atoms with van der Waals surface area (Å²) < 4.78 is 4.44. The van der Waals surface area contributed by atoms with Crippen LogP contribution in [0, 0.1) is 10.1 Å². The number of amides is 2. The van der Waals surface area contributed by atoms with Crippen molar-refractivity contribution in [3.05, 3.63) is 38.8 Å². The lowest BCUT2D eigenvalue weighted by Crippen LogP contribution is -2.34. The number of hydrogen-bond donors (Lipinski definition) is 1. The van der Waals surface area contributed by atoms with E-state index in [1.165, 1.54) is 18.2 Å². The van der Waals surface area contributed by atoms with Crippen molar-refractivity contribution in [3.63, 3.8) is 0 Å². The second-order valence-corrected chi connectivity index (χ2v) is 7.03. The lowest BCUT2D eigenvalue weighted by Gasteiger charge is -2.09. The molecule has 26 heavy (non-hydrogen) atoms. The molecule has 0 unspecified atom stereocenters. The average molecular weight is 398 g/mol. The highest BCUT2D eigenvalue weighted by atomic mass is 32.2. The quantitative estimate of drug-likeness (QED) is 0.241. The SMILES string of the molecule is COC(=O)CN1C(=O)S/C(=C\c2ccc(SCCO)c([N+](=O)[O-])c2)C1=O. The number of carbonyl (C=O) groups is 3. The van der Waals surface area contributed by atoms with Crippen molar-refractivity contribution >= 4 is 52.4 Å². The van der Waals surface area contributed by atoms with Gasteiger partial charge in [-0.3, -0.25) is 29.4 Å². The number of imide groups is 1. The van der Waals surface area contributed by atoms with Gasteiger partial charge in [0.1, 0.15) is 6.54 Å². The highest BCUT2D eigenvalue weighted by Gasteiger charge is 2.36. The van der Waals surface area contributed by atoms with Crippen molar-refractivity contribution in [1.29, 1.82) is 0 Å². The molecule has 0 bridgehead atoms. The van der Waals surface area contributed by atoms with Crippen molar-refractivity contribution in [3.8, 4) is 0 Å². The highest BCUT2D eigenvalue weighted by Crippen LogP contribution is 2.34. The summed E-state index contributed by atoms with van der Waals surface area (Å²) in [5, 5.41) is 19.5. The maximum Gasteiger partial charge on any atom is 0.325 e. The number of nitro benzene ring substituents is 1. The Balaban J connectivity index is 2.27. The van der Waals surface area contributed by atoms with Crippen LogP contribution in [-0.2, 0) is 14.3 Å². The molecule has 1 N–H and O–H groups in total. The van der Waals surface area contributed by atoms with Crippen LogP contribution in [0.5, 0.6) is 0 Å². The number of methoxy groups -OCH3 is 1. The molecule has 2 amide bonds. The average Bonchev–Trinajstić information content (AvgIpc) is 2.87. The molecule has 0 atom stereocenters. The van der Waals surface area contributed by atoms with Gasteiger partial charge >= 0.3 is 5.97 Å². The first-order valence-corrected chi connectivity index (χ1v) is 9.02. The standard InChI is InChI=1S/C15H14N2O7S2/c1-24-13(19)8-16-14(20)12(26-15(16)21)7-9-2-3-11(25-5-4-18)10(6-9)17(22)23/h2-3,6-7,18H,4-5,8H2,1H3/b12-7-. The predicted octanol–water partition coefficient (Wildman–Crippen LogP) is 1.89. The lowest BCUT2D eigenvalue weighted by atomic mass is 10.2. The molecular weight excluding hydrogens is 384 g/mol. The van der Waals surface area contributed by atoms with Crippen LogP contribution in [0.1, 0.15) is 5.56 Å². The summed E-state index contributed by atoms with van der Waals surface area (Å²) >= 11 is 1.78. The first kappa shape index (κ1) is 19.9. The van der Waals surface area contributed by atoms with Crippen molar-refractivity contribution in [2.45, 2.75) is 4.90 Å². The minimum absolute atomic E-state index is 0.0592. The molecule has 1 aromatic rings. The fourth-order valence-electron chi connectivity index (χ4n) is 2.03. The third kappa shape index (κ3) is 4.62. The normalized spacial score (nSPS) is 15.6. The summed E-state index contributed by atoms with van der Waals surface area (Å²) in [7, 11) is 1.15. The monoisotopic (exact) mass is 398 g/mol. The van der Waals surface area contributed by atoms with Gasteiger partial charge < -0.3 is 9.84 Å². The summed E-state index contributed by atoms with van der Waals surface area (Å²) in [5.74, 6) is -1.08. The van der Waals surface area contributed by atoms with Crippen molar-refractivity contribution in [2.75, 3.05) is 26.0 Å². The molecule has 0 aliphatic carbocycles. The third-order valence-corrected chi connectivity index (χ3v) is 5.17. The summed E-state index contributed by atoms with van der Waals surface area (Å²) in [5.41, 5.74) is 0.208. The number of esters is 1. The Morgan fingerprint density at radius 2 is 2.19 bits per heavy atom. The molecule has 0 aromatic heterocycles. The van der Waals surface area contributed by atoms with Crippen molar-refractivity contribution < 1.29 is 29.2 Å². The van der Waals surface area contributed by atoms with E-state index in [2.05, 4.69) is 4.74 Å². The second-order valence-electron chi connectivity index (χ2n) is 4.90. The van der Waals surface area contributed by atoms with E-state index in [4.69, 9.17) is 5.11 Å². The Morgan fingerprint density at radius 3 is 2.81 bits per heavy atom. The van der Waals surface area contributed by atoms with Crippen LogP contribution < -0.4 is 0 Å². The van der Waals surface area contributed by atoms with Crippen LogP contribution in [0.15, 0.2) is 28.0 Å². The lowest BCUT2D eigenvalue weighted by molar-refractivity contribution is -0.387. The van der Waals surface area contributed by atoms with E-state index in [0.29, 0.717) is 28.0 Å². The van der Waals surface area contributed by atoms with Gasteiger partial charge in [0.2, 0.25) is 0 Å². The molecule has 1 heterocycles. The Labute approximate surface area is 156 Å². The Morgan fingerprint density at radius 1 is 1.46 bits per heavy atom. The number of aliphatic hydroxyl groups excluding tert-OH is 1. The number of nitrogens with zero attached hydrogens (tertiary/aromatic N) is 2. The van der Waals surface area contributed by atoms with Crippen LogP contribution in [0.25, 0.3) is 6.08 Å². The zero-order chi connectivity index (χ0) is 19.3. The van der Waals surface area contributed by atoms with Gasteiger partial charge in [-0.15, -0.1) is 11.8 Å². The van der Waals surface area contributed by atoms with E-state index < -0.39 is 28.6 Å². The number of thioether (sulfide) groups is 2. The first-order chi connectivity index (χ1) is 12.4. The zero-order valence-electron chi connectivity index (χ0n) is 13.5. The second kappa shape index (κ2) is 8.83. The van der Waals surface area contributed by atoms with Gasteiger partial charge in [0.05, 0.1) is 28.4 Å². The molecule has 2 rings (SSSR count).